The van der Waals surface area contributed by atoms with Crippen molar-refractivity contribution in [1.29, 1.82) is 0 Å². The van der Waals surface area contributed by atoms with Gasteiger partial charge in [0, 0.05) is 18.7 Å². The zero-order chi connectivity index (χ0) is 12.3. The molecule has 4 nitrogen and oxygen atoms in total. The molecule has 1 heterocycles. The van der Waals surface area contributed by atoms with Crippen LogP contribution < -0.4 is 5.32 Å². The fourth-order valence-electron chi connectivity index (χ4n) is 1.64. The highest BCUT2D eigenvalue weighted by Gasteiger charge is 2.20. The first-order valence-electron chi connectivity index (χ1n) is 5.79. The third-order valence-electron chi connectivity index (χ3n) is 2.92. The molecule has 0 aromatic heterocycles. The number of nitrogens with one attached hydrogen (secondary N) is 1. The Balaban J connectivity index is 1.84. The van der Waals surface area contributed by atoms with Gasteiger partial charge >= 0.3 is 0 Å². The van der Waals surface area contributed by atoms with E-state index in [0.29, 0.717) is 5.56 Å². The Morgan fingerprint density at radius 1 is 1.24 bits per heavy atom. The Morgan fingerprint density at radius 2 is 1.88 bits per heavy atom. The Bertz CT molecular complexity index is 422. The van der Waals surface area contributed by atoms with E-state index in [1.807, 2.05) is 19.1 Å². The molecular weight excluding hydrogens is 216 g/mol. The summed E-state index contributed by atoms with van der Waals surface area (Å²) in [7, 11) is 0. The summed E-state index contributed by atoms with van der Waals surface area (Å²) in [5.74, 6) is -0.199. The molecule has 1 aromatic rings. The molecule has 0 saturated carbocycles. The predicted octanol–water partition coefficient (Wildman–Crippen LogP) is 0.957. The molecule has 4 heteroatoms. The summed E-state index contributed by atoms with van der Waals surface area (Å²) < 4.78 is 0. The van der Waals surface area contributed by atoms with E-state index in [-0.39, 0.29) is 18.4 Å². The maximum absolute atomic E-state index is 11.7. The largest absolute Gasteiger partial charge is 0.343 e. The highest BCUT2D eigenvalue weighted by atomic mass is 16.2. The molecule has 2 amide bonds. The van der Waals surface area contributed by atoms with Crippen molar-refractivity contribution in [3.05, 3.63) is 35.4 Å². The lowest BCUT2D eigenvalue weighted by molar-refractivity contribution is -0.133. The van der Waals surface area contributed by atoms with Crippen molar-refractivity contribution >= 4 is 11.8 Å². The van der Waals surface area contributed by atoms with Crippen LogP contribution in [0.4, 0.5) is 0 Å². The van der Waals surface area contributed by atoms with Gasteiger partial charge in [0.2, 0.25) is 5.91 Å². The van der Waals surface area contributed by atoms with Crippen molar-refractivity contribution in [2.75, 3.05) is 19.6 Å². The number of hydrogen-bond donors (Lipinski definition) is 1. The van der Waals surface area contributed by atoms with Gasteiger partial charge in [0.1, 0.15) is 0 Å². The van der Waals surface area contributed by atoms with E-state index < -0.39 is 0 Å². The van der Waals surface area contributed by atoms with Gasteiger partial charge in [-0.15, -0.1) is 0 Å². The number of nitrogens with zero attached hydrogens (tertiary/aromatic N) is 1. The highest BCUT2D eigenvalue weighted by Crippen LogP contribution is 2.05. The normalized spacial score (nSPS) is 14.1. The summed E-state index contributed by atoms with van der Waals surface area (Å²) in [6.07, 6.45) is 1.07. The first-order valence-corrected chi connectivity index (χ1v) is 5.79. The van der Waals surface area contributed by atoms with Crippen LogP contribution in [-0.2, 0) is 4.79 Å². The van der Waals surface area contributed by atoms with Gasteiger partial charge in [-0.2, -0.15) is 0 Å². The Labute approximate surface area is 101 Å². The van der Waals surface area contributed by atoms with E-state index in [4.69, 9.17) is 0 Å². The Morgan fingerprint density at radius 3 is 2.41 bits per heavy atom. The molecule has 90 valence electrons. The van der Waals surface area contributed by atoms with Crippen LogP contribution in [0.3, 0.4) is 0 Å². The minimum Gasteiger partial charge on any atom is -0.343 e. The average molecular weight is 232 g/mol. The first-order chi connectivity index (χ1) is 8.16. The molecule has 1 fully saturated rings. The lowest BCUT2D eigenvalue weighted by Crippen LogP contribution is -2.47. The average Bonchev–Trinajstić information content (AvgIpc) is 2.24. The number of likely N-dealkylation sites (tertiary alicyclic amines) is 1. The fourth-order valence-corrected chi connectivity index (χ4v) is 1.64. The molecular formula is C13H16N2O2. The van der Waals surface area contributed by atoms with Crippen molar-refractivity contribution in [3.8, 4) is 0 Å². The van der Waals surface area contributed by atoms with Crippen LogP contribution in [0.15, 0.2) is 24.3 Å². The summed E-state index contributed by atoms with van der Waals surface area (Å²) in [5.41, 5.74) is 1.70. The number of carbonyl (C=O) groups excluding carboxylic acids is 2. The summed E-state index contributed by atoms with van der Waals surface area (Å²) in [6.45, 7) is 3.69. The molecule has 0 aliphatic carbocycles. The highest BCUT2D eigenvalue weighted by molar-refractivity contribution is 5.96. The van der Waals surface area contributed by atoms with Crippen molar-refractivity contribution < 1.29 is 9.59 Å². The van der Waals surface area contributed by atoms with Gasteiger partial charge in [-0.05, 0) is 25.5 Å². The van der Waals surface area contributed by atoms with Crippen molar-refractivity contribution in [3.63, 3.8) is 0 Å². The van der Waals surface area contributed by atoms with E-state index in [1.54, 1.807) is 17.0 Å². The molecule has 17 heavy (non-hydrogen) atoms. The van der Waals surface area contributed by atoms with E-state index in [2.05, 4.69) is 5.32 Å². The topological polar surface area (TPSA) is 49.4 Å². The predicted molar refractivity (Wildman–Crippen MR) is 64.7 cm³/mol. The van der Waals surface area contributed by atoms with Gasteiger partial charge < -0.3 is 10.2 Å². The monoisotopic (exact) mass is 232 g/mol. The fraction of sp³-hybridized carbons (Fsp3) is 0.385. The molecule has 1 saturated heterocycles. The summed E-state index contributed by atoms with van der Waals surface area (Å²) in [6, 6.07) is 7.29. The second-order valence-electron chi connectivity index (χ2n) is 4.28. The van der Waals surface area contributed by atoms with Crippen molar-refractivity contribution in [1.82, 2.24) is 10.2 Å². The first kappa shape index (κ1) is 11.6. The quantitative estimate of drug-likeness (QED) is 0.843. The summed E-state index contributed by atoms with van der Waals surface area (Å²) in [4.78, 5) is 25.0. The molecule has 1 aromatic carbocycles. The lowest BCUT2D eigenvalue weighted by Gasteiger charge is -2.30. The second-order valence-corrected chi connectivity index (χ2v) is 4.28. The Kier molecular flexibility index (Phi) is 3.42. The van der Waals surface area contributed by atoms with Crippen molar-refractivity contribution in [2.24, 2.45) is 0 Å². The van der Waals surface area contributed by atoms with Gasteiger partial charge in [0.05, 0.1) is 6.54 Å². The third-order valence-corrected chi connectivity index (χ3v) is 2.92. The number of aryl methyl sites for hydroxylation is 1. The SMILES string of the molecule is Cc1ccc(C(=O)NCC(=O)N2CCC2)cc1. The maximum atomic E-state index is 11.7. The van der Waals surface area contributed by atoms with E-state index >= 15 is 0 Å². The molecule has 0 unspecified atom stereocenters. The molecule has 0 spiro atoms. The number of carbonyl (C=O) groups is 2. The van der Waals surface area contributed by atoms with Crippen LogP contribution in [0.2, 0.25) is 0 Å². The smallest absolute Gasteiger partial charge is 0.251 e. The number of benzene rings is 1. The van der Waals surface area contributed by atoms with Gasteiger partial charge in [0.15, 0.2) is 0 Å². The van der Waals surface area contributed by atoms with Crippen LogP contribution in [-0.4, -0.2) is 36.3 Å². The molecule has 1 N–H and O–H groups in total. The standard InChI is InChI=1S/C13H16N2O2/c1-10-3-5-11(6-4-10)13(17)14-9-12(16)15-7-2-8-15/h3-6H,2,7-9H2,1H3,(H,14,17). The van der Waals surface area contributed by atoms with Crippen LogP contribution in [0.5, 0.6) is 0 Å². The molecule has 0 bridgehead atoms. The van der Waals surface area contributed by atoms with Crippen LogP contribution >= 0.6 is 0 Å². The number of amides is 2. The maximum Gasteiger partial charge on any atom is 0.251 e. The van der Waals surface area contributed by atoms with Gasteiger partial charge in [-0.1, -0.05) is 17.7 Å². The second kappa shape index (κ2) is 4.99. The number of hydrogen-bond acceptors (Lipinski definition) is 2. The Hall–Kier alpha value is -1.84. The van der Waals surface area contributed by atoms with E-state index in [0.717, 1.165) is 25.1 Å². The van der Waals surface area contributed by atoms with E-state index in [9.17, 15) is 9.59 Å². The molecule has 2 rings (SSSR count). The van der Waals surface area contributed by atoms with Gasteiger partial charge in [-0.25, -0.2) is 0 Å². The molecule has 1 aliphatic heterocycles. The van der Waals surface area contributed by atoms with Crippen LogP contribution in [0.1, 0.15) is 22.3 Å². The number of rotatable bonds is 3. The zero-order valence-corrected chi connectivity index (χ0v) is 9.90. The lowest BCUT2D eigenvalue weighted by atomic mass is 10.1. The van der Waals surface area contributed by atoms with Crippen LogP contribution in [0, 0.1) is 6.92 Å². The van der Waals surface area contributed by atoms with Gasteiger partial charge in [-0.3, -0.25) is 9.59 Å². The van der Waals surface area contributed by atoms with E-state index in [1.165, 1.54) is 0 Å². The molecule has 0 atom stereocenters. The molecule has 0 radical (unpaired) electrons. The minimum absolute atomic E-state index is 0.00304. The van der Waals surface area contributed by atoms with Crippen LogP contribution in [0.25, 0.3) is 0 Å². The summed E-state index contributed by atoms with van der Waals surface area (Å²) >= 11 is 0. The minimum atomic E-state index is -0.195. The third kappa shape index (κ3) is 2.84. The van der Waals surface area contributed by atoms with Gasteiger partial charge in [0.25, 0.3) is 5.91 Å². The van der Waals surface area contributed by atoms with Crippen molar-refractivity contribution in [2.45, 2.75) is 13.3 Å². The zero-order valence-electron chi connectivity index (χ0n) is 9.90. The molecule has 1 aliphatic rings. The summed E-state index contributed by atoms with van der Waals surface area (Å²) in [5, 5.41) is 2.64.